The number of nitrogens with zero attached hydrogens (tertiary/aromatic N) is 3. The molecule has 0 N–H and O–H groups in total. The highest BCUT2D eigenvalue weighted by Gasteiger charge is 2.17. The third-order valence-corrected chi connectivity index (χ3v) is 4.53. The first-order valence-corrected chi connectivity index (χ1v) is 8.98. The standard InChI is InChI=1S/C21H23N3O3/c1-4-11-23-15(2)13-19(16(23)3)20(25)14-27-21(26)17-6-8-18(9-7-17)24-12-5-10-22-24/h5-10,12-13H,4,11,14H2,1-3H3. The Hall–Kier alpha value is -3.15. The molecule has 6 nitrogen and oxygen atoms in total. The van der Waals surface area contributed by atoms with Gasteiger partial charge in [-0.3, -0.25) is 4.79 Å². The molecule has 140 valence electrons. The minimum Gasteiger partial charge on any atom is -0.454 e. The van der Waals surface area contributed by atoms with Crippen LogP contribution in [0.2, 0.25) is 0 Å². The van der Waals surface area contributed by atoms with Gasteiger partial charge in [0.05, 0.1) is 11.3 Å². The van der Waals surface area contributed by atoms with Crippen LogP contribution in [-0.2, 0) is 11.3 Å². The second-order valence-electron chi connectivity index (χ2n) is 6.43. The molecule has 2 aromatic heterocycles. The third kappa shape index (κ3) is 4.00. The van der Waals surface area contributed by atoms with Gasteiger partial charge in [-0.05, 0) is 56.7 Å². The Bertz CT molecular complexity index is 938. The summed E-state index contributed by atoms with van der Waals surface area (Å²) in [6.45, 7) is 6.60. The first-order valence-electron chi connectivity index (χ1n) is 8.98. The van der Waals surface area contributed by atoms with E-state index in [-0.39, 0.29) is 12.4 Å². The molecule has 2 heterocycles. The summed E-state index contributed by atoms with van der Waals surface area (Å²) in [5.41, 5.74) is 3.81. The minimum absolute atomic E-state index is 0.188. The van der Waals surface area contributed by atoms with Crippen molar-refractivity contribution < 1.29 is 14.3 Å². The van der Waals surface area contributed by atoms with Gasteiger partial charge >= 0.3 is 5.97 Å². The number of ketones is 1. The summed E-state index contributed by atoms with van der Waals surface area (Å²) >= 11 is 0. The van der Waals surface area contributed by atoms with E-state index < -0.39 is 5.97 Å². The van der Waals surface area contributed by atoms with E-state index >= 15 is 0 Å². The zero-order chi connectivity index (χ0) is 19.4. The molecule has 0 amide bonds. The van der Waals surface area contributed by atoms with Crippen LogP contribution in [0.3, 0.4) is 0 Å². The lowest BCUT2D eigenvalue weighted by Crippen LogP contribution is -2.15. The predicted molar refractivity (Wildman–Crippen MR) is 102 cm³/mol. The fourth-order valence-electron chi connectivity index (χ4n) is 3.12. The van der Waals surface area contributed by atoms with Gasteiger partial charge in [0.2, 0.25) is 5.78 Å². The van der Waals surface area contributed by atoms with Gasteiger partial charge in [0, 0.05) is 35.9 Å². The van der Waals surface area contributed by atoms with E-state index in [1.165, 1.54) is 0 Å². The van der Waals surface area contributed by atoms with Crippen LogP contribution < -0.4 is 0 Å². The summed E-state index contributed by atoms with van der Waals surface area (Å²) in [4.78, 5) is 24.7. The summed E-state index contributed by atoms with van der Waals surface area (Å²) in [7, 11) is 0. The highest BCUT2D eigenvalue weighted by atomic mass is 16.5. The monoisotopic (exact) mass is 365 g/mol. The molecule has 0 spiro atoms. The van der Waals surface area contributed by atoms with Crippen molar-refractivity contribution in [2.75, 3.05) is 6.61 Å². The molecule has 3 rings (SSSR count). The van der Waals surface area contributed by atoms with Crippen molar-refractivity contribution in [3.05, 3.63) is 71.3 Å². The Morgan fingerprint density at radius 2 is 1.89 bits per heavy atom. The maximum absolute atomic E-state index is 12.5. The number of benzene rings is 1. The lowest BCUT2D eigenvalue weighted by molar-refractivity contribution is 0.0474. The lowest BCUT2D eigenvalue weighted by atomic mass is 10.1. The van der Waals surface area contributed by atoms with Crippen molar-refractivity contribution in [2.45, 2.75) is 33.7 Å². The van der Waals surface area contributed by atoms with Crippen molar-refractivity contribution in [1.82, 2.24) is 14.3 Å². The van der Waals surface area contributed by atoms with E-state index in [9.17, 15) is 9.59 Å². The Balaban J connectivity index is 1.63. The van der Waals surface area contributed by atoms with E-state index in [0.717, 1.165) is 30.0 Å². The van der Waals surface area contributed by atoms with Crippen LogP contribution in [0.1, 0.15) is 45.4 Å². The van der Waals surface area contributed by atoms with Crippen molar-refractivity contribution in [2.24, 2.45) is 0 Å². The number of aryl methyl sites for hydroxylation is 1. The number of ether oxygens (including phenoxy) is 1. The fraction of sp³-hybridized carbons (Fsp3) is 0.286. The van der Waals surface area contributed by atoms with Crippen molar-refractivity contribution in [1.29, 1.82) is 0 Å². The minimum atomic E-state index is -0.516. The predicted octanol–water partition coefficient (Wildman–Crippen LogP) is 3.74. The molecule has 0 aliphatic carbocycles. The van der Waals surface area contributed by atoms with Crippen LogP contribution in [0.5, 0.6) is 0 Å². The number of hydrogen-bond donors (Lipinski definition) is 0. The zero-order valence-corrected chi connectivity index (χ0v) is 15.8. The van der Waals surface area contributed by atoms with Gasteiger partial charge in [-0.15, -0.1) is 0 Å². The second-order valence-corrected chi connectivity index (χ2v) is 6.43. The molecule has 0 atom stereocenters. The first kappa shape index (κ1) is 18.6. The lowest BCUT2D eigenvalue weighted by Gasteiger charge is -2.08. The van der Waals surface area contributed by atoms with E-state index in [1.54, 1.807) is 35.1 Å². The molecule has 0 fully saturated rings. The van der Waals surface area contributed by atoms with Crippen LogP contribution >= 0.6 is 0 Å². The summed E-state index contributed by atoms with van der Waals surface area (Å²) in [5, 5.41) is 4.14. The Labute approximate surface area is 158 Å². The summed E-state index contributed by atoms with van der Waals surface area (Å²) in [6.07, 6.45) is 4.50. The number of rotatable bonds is 7. The average Bonchev–Trinajstić information content (AvgIpc) is 3.30. The average molecular weight is 365 g/mol. The number of esters is 1. The molecule has 0 aliphatic heterocycles. The quantitative estimate of drug-likeness (QED) is 0.472. The third-order valence-electron chi connectivity index (χ3n) is 4.53. The van der Waals surface area contributed by atoms with E-state index in [1.807, 2.05) is 32.2 Å². The van der Waals surface area contributed by atoms with Crippen molar-refractivity contribution >= 4 is 11.8 Å². The normalized spacial score (nSPS) is 10.8. The largest absolute Gasteiger partial charge is 0.454 e. The van der Waals surface area contributed by atoms with Gasteiger partial charge in [0.1, 0.15) is 0 Å². The number of hydrogen-bond acceptors (Lipinski definition) is 4. The molecule has 0 radical (unpaired) electrons. The first-order chi connectivity index (χ1) is 13.0. The molecule has 3 aromatic rings. The van der Waals surface area contributed by atoms with Gasteiger partial charge in [-0.2, -0.15) is 5.10 Å². The smallest absolute Gasteiger partial charge is 0.338 e. The topological polar surface area (TPSA) is 66.1 Å². The van der Waals surface area contributed by atoms with Gasteiger partial charge in [-0.25, -0.2) is 9.48 Å². The van der Waals surface area contributed by atoms with Crippen LogP contribution in [0, 0.1) is 13.8 Å². The summed E-state index contributed by atoms with van der Waals surface area (Å²) in [5.74, 6) is -0.704. The molecular weight excluding hydrogens is 342 g/mol. The Morgan fingerprint density at radius 1 is 1.15 bits per heavy atom. The van der Waals surface area contributed by atoms with E-state index in [4.69, 9.17) is 4.74 Å². The SMILES string of the molecule is CCCn1c(C)cc(C(=O)COC(=O)c2ccc(-n3cccn3)cc2)c1C. The van der Waals surface area contributed by atoms with Crippen molar-refractivity contribution in [3.63, 3.8) is 0 Å². The molecule has 0 aliphatic rings. The van der Waals surface area contributed by atoms with Crippen molar-refractivity contribution in [3.8, 4) is 5.69 Å². The van der Waals surface area contributed by atoms with Crippen LogP contribution in [0.25, 0.3) is 5.69 Å². The van der Waals surface area contributed by atoms with Gasteiger partial charge in [0.25, 0.3) is 0 Å². The van der Waals surface area contributed by atoms with Crippen LogP contribution in [0.4, 0.5) is 0 Å². The number of carbonyl (C=O) groups excluding carboxylic acids is 2. The van der Waals surface area contributed by atoms with E-state index in [2.05, 4.69) is 16.6 Å². The maximum atomic E-state index is 12.5. The highest BCUT2D eigenvalue weighted by Crippen LogP contribution is 2.17. The molecule has 0 unspecified atom stereocenters. The summed E-state index contributed by atoms with van der Waals surface area (Å²) in [6, 6.07) is 10.6. The fourth-order valence-corrected chi connectivity index (χ4v) is 3.12. The Morgan fingerprint density at radius 3 is 2.52 bits per heavy atom. The van der Waals surface area contributed by atoms with Gasteiger partial charge in [-0.1, -0.05) is 6.92 Å². The zero-order valence-electron chi connectivity index (χ0n) is 15.8. The number of Topliss-reactive ketones (excluding diaryl/α,β-unsaturated/α-hetero) is 1. The van der Waals surface area contributed by atoms with Crippen LogP contribution in [-0.4, -0.2) is 32.7 Å². The Kier molecular flexibility index (Phi) is 5.54. The van der Waals surface area contributed by atoms with Gasteiger partial charge in [0.15, 0.2) is 6.61 Å². The maximum Gasteiger partial charge on any atom is 0.338 e. The number of carbonyl (C=O) groups is 2. The molecule has 6 heteroatoms. The van der Waals surface area contributed by atoms with E-state index in [0.29, 0.717) is 11.1 Å². The molecule has 0 saturated heterocycles. The molecule has 27 heavy (non-hydrogen) atoms. The van der Waals surface area contributed by atoms with Crippen LogP contribution in [0.15, 0.2) is 48.8 Å². The summed E-state index contributed by atoms with van der Waals surface area (Å²) < 4.78 is 9.03. The van der Waals surface area contributed by atoms with Gasteiger partial charge < -0.3 is 9.30 Å². The molecule has 1 aromatic carbocycles. The molecule has 0 bridgehead atoms. The molecule has 0 saturated carbocycles. The molecular formula is C21H23N3O3. The number of aromatic nitrogens is 3. The highest BCUT2D eigenvalue weighted by molar-refractivity contribution is 6.00. The second kappa shape index (κ2) is 8.03.